The van der Waals surface area contributed by atoms with E-state index in [1.54, 1.807) is 37.0 Å². The van der Waals surface area contributed by atoms with Crippen molar-refractivity contribution in [2.24, 2.45) is 0 Å². The van der Waals surface area contributed by atoms with Crippen molar-refractivity contribution in [3.63, 3.8) is 0 Å². The second-order valence-electron chi connectivity index (χ2n) is 5.82. The molecular formula is C14H19N5O5S. The van der Waals surface area contributed by atoms with Gasteiger partial charge in [0.05, 0.1) is 0 Å². The Morgan fingerprint density at radius 2 is 1.68 bits per heavy atom. The van der Waals surface area contributed by atoms with E-state index in [2.05, 4.69) is 10.6 Å². The normalized spacial score (nSPS) is 12.5. The lowest BCUT2D eigenvalue weighted by Crippen LogP contribution is -2.49. The highest BCUT2D eigenvalue weighted by atomic mass is 32.3. The lowest BCUT2D eigenvalue weighted by atomic mass is 10.2. The molecule has 0 rings (SSSR count). The summed E-state index contributed by atoms with van der Waals surface area (Å²) in [6.45, 7) is 4.17. The number of carbonyl (C=O) groups is 3. The summed E-state index contributed by atoms with van der Waals surface area (Å²) in [6, 6.07) is -1.25. The van der Waals surface area contributed by atoms with Gasteiger partial charge in [-0.3, -0.25) is 9.59 Å². The fraction of sp³-hybridized carbons (Fsp3) is 0.571. The molecule has 0 unspecified atom stereocenters. The van der Waals surface area contributed by atoms with Gasteiger partial charge >= 0.3 is 12.1 Å². The zero-order valence-electron chi connectivity index (χ0n) is 14.0. The standard InChI is InChI=1S/C14H19N5O5S/c1-14(2,3)24-13(23)19-10(12(22)18-6-11(20)21)4-5-25(7-15,8-16)9-17/h10H,4-6H2,1-3H3,(H,18,22)(H,19,23)(H,20,21)/t10-/m0/s1. The van der Waals surface area contributed by atoms with Crippen molar-refractivity contribution in [2.75, 3.05) is 12.3 Å². The van der Waals surface area contributed by atoms with Crippen molar-refractivity contribution in [1.29, 1.82) is 15.8 Å². The van der Waals surface area contributed by atoms with E-state index in [1.165, 1.54) is 0 Å². The Hall–Kier alpha value is -2.97. The van der Waals surface area contributed by atoms with Crippen LogP contribution in [0.1, 0.15) is 27.2 Å². The predicted molar refractivity (Wildman–Crippen MR) is 87.7 cm³/mol. The SMILES string of the molecule is CC(C)(C)OC(=O)N[C@@H](CCS(C#N)(C#N)C#N)C(=O)NCC(=O)O. The van der Waals surface area contributed by atoms with Gasteiger partial charge in [-0.2, -0.15) is 15.8 Å². The molecule has 0 aliphatic carbocycles. The van der Waals surface area contributed by atoms with Crippen molar-refractivity contribution >= 4 is 28.0 Å². The number of nitrogens with zero attached hydrogens (tertiary/aromatic N) is 3. The van der Waals surface area contributed by atoms with Crippen LogP contribution < -0.4 is 10.6 Å². The number of hydrogen-bond acceptors (Lipinski definition) is 7. The first-order valence-electron chi connectivity index (χ1n) is 7.01. The number of carboxylic acid groups (broad SMARTS) is 1. The molecule has 0 aromatic rings. The van der Waals surface area contributed by atoms with Gasteiger partial charge in [-0.25, -0.2) is 4.79 Å². The number of thiocyanates is 3. The molecule has 0 bridgehead atoms. The molecule has 0 radical (unpaired) electrons. The molecule has 136 valence electrons. The highest BCUT2D eigenvalue weighted by Gasteiger charge is 2.30. The molecule has 0 aliphatic rings. The third-order valence-electron chi connectivity index (χ3n) is 2.60. The molecule has 1 atom stereocenters. The van der Waals surface area contributed by atoms with Gasteiger partial charge in [0, 0.05) is 15.8 Å². The number of ether oxygens (including phenoxy) is 1. The fourth-order valence-corrected chi connectivity index (χ4v) is 2.48. The highest BCUT2D eigenvalue weighted by Crippen LogP contribution is 2.44. The number of hydrogen-bond donors (Lipinski definition) is 3. The third kappa shape index (κ3) is 8.45. The molecule has 0 spiro atoms. The second kappa shape index (κ2) is 9.36. The average molecular weight is 369 g/mol. The predicted octanol–water partition coefficient (Wildman–Crippen LogP) is 0.718. The van der Waals surface area contributed by atoms with Crippen LogP contribution in [0, 0.1) is 32.0 Å². The summed E-state index contributed by atoms with van der Waals surface area (Å²) in [4.78, 5) is 34.4. The van der Waals surface area contributed by atoms with E-state index in [-0.39, 0.29) is 12.2 Å². The first kappa shape index (κ1) is 22.0. The number of carbonyl (C=O) groups excluding carboxylic acids is 2. The summed E-state index contributed by atoms with van der Waals surface area (Å²) in [5.74, 6) is -2.34. The van der Waals surface area contributed by atoms with Crippen molar-refractivity contribution in [2.45, 2.75) is 38.8 Å². The number of nitrogens with one attached hydrogen (secondary N) is 2. The third-order valence-corrected chi connectivity index (χ3v) is 4.38. The van der Waals surface area contributed by atoms with Gasteiger partial charge in [0.1, 0.15) is 34.4 Å². The Balaban J connectivity index is 5.15. The summed E-state index contributed by atoms with van der Waals surface area (Å²) in [7, 11) is -2.91. The van der Waals surface area contributed by atoms with Gasteiger partial charge in [0.2, 0.25) is 5.91 Å². The van der Waals surface area contributed by atoms with Crippen LogP contribution in [-0.2, 0) is 14.3 Å². The largest absolute Gasteiger partial charge is 0.480 e. The molecule has 3 N–H and O–H groups in total. The van der Waals surface area contributed by atoms with E-state index in [0.29, 0.717) is 0 Å². The van der Waals surface area contributed by atoms with Gasteiger partial charge in [0.15, 0.2) is 0 Å². The van der Waals surface area contributed by atoms with E-state index >= 15 is 0 Å². The molecule has 0 aromatic heterocycles. The smallest absolute Gasteiger partial charge is 0.408 e. The summed E-state index contributed by atoms with van der Waals surface area (Å²) >= 11 is 0. The number of aliphatic carboxylic acids is 1. The maximum Gasteiger partial charge on any atom is 0.408 e. The molecule has 10 nitrogen and oxygen atoms in total. The van der Waals surface area contributed by atoms with Crippen molar-refractivity contribution in [1.82, 2.24) is 10.6 Å². The summed E-state index contributed by atoms with van der Waals surface area (Å²) in [6.07, 6.45) is -1.12. The number of amides is 2. The number of carboxylic acids is 1. The van der Waals surface area contributed by atoms with Crippen molar-refractivity contribution < 1.29 is 24.2 Å². The second-order valence-corrected chi connectivity index (χ2v) is 8.25. The fourth-order valence-electron chi connectivity index (χ4n) is 1.50. The number of rotatable bonds is 7. The van der Waals surface area contributed by atoms with Crippen LogP contribution in [-0.4, -0.2) is 47.0 Å². The van der Waals surface area contributed by atoms with Crippen LogP contribution in [0.15, 0.2) is 0 Å². The topological polar surface area (TPSA) is 176 Å². The monoisotopic (exact) mass is 369 g/mol. The Morgan fingerprint density at radius 3 is 2.08 bits per heavy atom. The Kier molecular flexibility index (Phi) is 8.24. The Bertz CT molecular complexity index is 616. The summed E-state index contributed by atoms with van der Waals surface area (Å²) in [5.41, 5.74) is -0.826. The van der Waals surface area contributed by atoms with E-state index < -0.39 is 46.2 Å². The van der Waals surface area contributed by atoms with Crippen molar-refractivity contribution in [3.8, 4) is 16.2 Å². The lowest BCUT2D eigenvalue weighted by molar-refractivity contribution is -0.138. The minimum absolute atomic E-state index is 0.200. The average Bonchev–Trinajstić information content (AvgIpc) is 2.51. The number of nitriles is 3. The molecule has 0 saturated heterocycles. The molecule has 2 amide bonds. The van der Waals surface area contributed by atoms with Crippen LogP contribution in [0.4, 0.5) is 4.79 Å². The van der Waals surface area contributed by atoms with Crippen molar-refractivity contribution in [3.05, 3.63) is 0 Å². The first-order valence-corrected chi connectivity index (χ1v) is 8.81. The minimum atomic E-state index is -2.91. The Labute approximate surface area is 146 Å². The zero-order valence-corrected chi connectivity index (χ0v) is 14.8. The number of alkyl carbamates (subject to hydrolysis) is 1. The van der Waals surface area contributed by atoms with E-state index in [1.807, 2.05) is 0 Å². The summed E-state index contributed by atoms with van der Waals surface area (Å²) in [5, 5.41) is 44.9. The van der Waals surface area contributed by atoms with Gasteiger partial charge in [-0.15, -0.1) is 0 Å². The van der Waals surface area contributed by atoms with Gasteiger partial charge < -0.3 is 20.5 Å². The van der Waals surface area contributed by atoms with Crippen LogP contribution in [0.25, 0.3) is 0 Å². The maximum absolute atomic E-state index is 12.0. The van der Waals surface area contributed by atoms with E-state index in [0.717, 1.165) is 0 Å². The molecule has 0 aliphatic heterocycles. The van der Waals surface area contributed by atoms with Crippen LogP contribution >= 0.6 is 10.0 Å². The molecule has 25 heavy (non-hydrogen) atoms. The van der Waals surface area contributed by atoms with Gasteiger partial charge in [-0.1, -0.05) is 0 Å². The first-order chi connectivity index (χ1) is 11.5. The van der Waals surface area contributed by atoms with Gasteiger partial charge in [0.25, 0.3) is 0 Å². The maximum atomic E-state index is 12.0. The molecule has 0 saturated carbocycles. The van der Waals surface area contributed by atoms with E-state index in [4.69, 9.17) is 25.6 Å². The zero-order chi connectivity index (χ0) is 19.7. The minimum Gasteiger partial charge on any atom is -0.480 e. The summed E-state index contributed by atoms with van der Waals surface area (Å²) < 4.78 is 5.02. The molecular weight excluding hydrogens is 350 g/mol. The quantitative estimate of drug-likeness (QED) is 0.549. The molecule has 0 fully saturated rings. The highest BCUT2D eigenvalue weighted by molar-refractivity contribution is 8.44. The van der Waals surface area contributed by atoms with Crippen LogP contribution in [0.3, 0.4) is 0 Å². The van der Waals surface area contributed by atoms with Crippen LogP contribution in [0.5, 0.6) is 0 Å². The van der Waals surface area contributed by atoms with Crippen LogP contribution in [0.2, 0.25) is 0 Å². The molecule has 0 aromatic carbocycles. The molecule has 0 heterocycles. The molecule has 11 heteroatoms. The van der Waals surface area contributed by atoms with E-state index in [9.17, 15) is 14.4 Å². The Morgan fingerprint density at radius 1 is 1.16 bits per heavy atom. The lowest BCUT2D eigenvalue weighted by Gasteiger charge is -2.24. The van der Waals surface area contributed by atoms with Gasteiger partial charge in [-0.05, 0) is 27.2 Å².